The molecule has 3 heterocycles. The van der Waals surface area contributed by atoms with Crippen LogP contribution in [-0.4, -0.2) is 30.6 Å². The van der Waals surface area contributed by atoms with Crippen LogP contribution in [0, 0.1) is 0 Å². The second kappa shape index (κ2) is 7.17. The first-order valence-electron chi connectivity index (χ1n) is 10.4. The molecule has 0 spiro atoms. The standard InChI is InChI=1S/C24H19ClN6O/c1-31-20-10-14(25)7-8-16(20)21(30-31)19-12-27-23-22(28-19)17(11-26-23)24(32)29-18-9-6-13-4-2-3-5-15(13)18/h2-5,7-8,10-12,18H,6,9H2,1H3,(H,26,27)(H,29,32). The van der Waals surface area contributed by atoms with Crippen LogP contribution in [0.4, 0.5) is 0 Å². The molecule has 3 aromatic heterocycles. The Morgan fingerprint density at radius 1 is 1.25 bits per heavy atom. The van der Waals surface area contributed by atoms with Crippen LogP contribution in [0.1, 0.15) is 33.9 Å². The molecular formula is C24H19ClN6O. The van der Waals surface area contributed by atoms with E-state index in [0.29, 0.717) is 33.1 Å². The third-order valence-electron chi connectivity index (χ3n) is 6.12. The Labute approximate surface area is 188 Å². The molecule has 1 aliphatic carbocycles. The van der Waals surface area contributed by atoms with E-state index in [4.69, 9.17) is 16.6 Å². The molecule has 0 bridgehead atoms. The molecule has 1 unspecified atom stereocenters. The van der Waals surface area contributed by atoms with Gasteiger partial charge in [0.2, 0.25) is 0 Å². The van der Waals surface area contributed by atoms with E-state index in [1.54, 1.807) is 17.1 Å². The van der Waals surface area contributed by atoms with Gasteiger partial charge < -0.3 is 10.3 Å². The zero-order valence-corrected chi connectivity index (χ0v) is 18.0. The van der Waals surface area contributed by atoms with E-state index >= 15 is 0 Å². The van der Waals surface area contributed by atoms with Crippen molar-refractivity contribution in [2.24, 2.45) is 7.05 Å². The second-order valence-corrected chi connectivity index (χ2v) is 8.49. The number of aromatic nitrogens is 5. The molecule has 2 aromatic carbocycles. The highest BCUT2D eigenvalue weighted by Crippen LogP contribution is 2.32. The molecule has 2 N–H and O–H groups in total. The molecule has 158 valence electrons. The van der Waals surface area contributed by atoms with Crippen LogP contribution in [0.15, 0.2) is 54.9 Å². The van der Waals surface area contributed by atoms with Gasteiger partial charge in [0.05, 0.1) is 23.3 Å². The smallest absolute Gasteiger partial charge is 0.255 e. The third kappa shape index (κ3) is 2.97. The highest BCUT2D eigenvalue weighted by atomic mass is 35.5. The van der Waals surface area contributed by atoms with E-state index in [9.17, 15) is 4.79 Å². The Kier molecular flexibility index (Phi) is 4.26. The molecular weight excluding hydrogens is 424 g/mol. The number of aromatic amines is 1. The largest absolute Gasteiger partial charge is 0.345 e. The molecule has 32 heavy (non-hydrogen) atoms. The Balaban J connectivity index is 1.38. The average molecular weight is 443 g/mol. The summed E-state index contributed by atoms with van der Waals surface area (Å²) in [7, 11) is 1.86. The second-order valence-electron chi connectivity index (χ2n) is 8.05. The highest BCUT2D eigenvalue weighted by Gasteiger charge is 2.25. The zero-order chi connectivity index (χ0) is 21.8. The summed E-state index contributed by atoms with van der Waals surface area (Å²) < 4.78 is 1.77. The molecule has 8 heteroatoms. The monoisotopic (exact) mass is 442 g/mol. The number of amides is 1. The van der Waals surface area contributed by atoms with Crippen LogP contribution >= 0.6 is 11.6 Å². The molecule has 0 aliphatic heterocycles. The van der Waals surface area contributed by atoms with Gasteiger partial charge in [0.25, 0.3) is 5.91 Å². The Morgan fingerprint density at radius 2 is 2.12 bits per heavy atom. The van der Waals surface area contributed by atoms with Gasteiger partial charge in [0.15, 0.2) is 5.65 Å². The fourth-order valence-corrected chi connectivity index (χ4v) is 4.71. The summed E-state index contributed by atoms with van der Waals surface area (Å²) in [5.41, 5.74) is 6.25. The molecule has 1 atom stereocenters. The number of fused-ring (bicyclic) bond motifs is 3. The molecule has 1 aliphatic rings. The minimum Gasteiger partial charge on any atom is -0.345 e. The first kappa shape index (κ1) is 19.0. The predicted molar refractivity (Wildman–Crippen MR) is 124 cm³/mol. The summed E-state index contributed by atoms with van der Waals surface area (Å²) in [6.45, 7) is 0. The predicted octanol–water partition coefficient (Wildman–Crippen LogP) is 4.58. The van der Waals surface area contributed by atoms with Crippen molar-refractivity contribution in [2.45, 2.75) is 18.9 Å². The summed E-state index contributed by atoms with van der Waals surface area (Å²) in [5.74, 6) is -0.165. The number of hydrogen-bond acceptors (Lipinski definition) is 4. The summed E-state index contributed by atoms with van der Waals surface area (Å²) in [4.78, 5) is 25.5. The first-order chi connectivity index (χ1) is 15.6. The molecule has 6 rings (SSSR count). The van der Waals surface area contributed by atoms with Crippen LogP contribution in [0.25, 0.3) is 33.5 Å². The van der Waals surface area contributed by atoms with Crippen molar-refractivity contribution < 1.29 is 4.79 Å². The van der Waals surface area contributed by atoms with Crippen molar-refractivity contribution in [3.63, 3.8) is 0 Å². The molecule has 5 aromatic rings. The molecule has 0 radical (unpaired) electrons. The van der Waals surface area contributed by atoms with Crippen LogP contribution in [-0.2, 0) is 13.5 Å². The SMILES string of the molecule is Cn1nc(-c2cnc3[nH]cc(C(=O)NC4CCc5ccccc54)c3n2)c2ccc(Cl)cc21. The van der Waals surface area contributed by atoms with Gasteiger partial charge in [0.1, 0.15) is 16.9 Å². The number of nitrogens with zero attached hydrogens (tertiary/aromatic N) is 4. The van der Waals surface area contributed by atoms with E-state index < -0.39 is 0 Å². The van der Waals surface area contributed by atoms with Gasteiger partial charge in [-0.2, -0.15) is 5.10 Å². The highest BCUT2D eigenvalue weighted by molar-refractivity contribution is 6.31. The zero-order valence-electron chi connectivity index (χ0n) is 17.3. The van der Waals surface area contributed by atoms with Crippen LogP contribution in [0.5, 0.6) is 0 Å². The lowest BCUT2D eigenvalue weighted by atomic mass is 10.1. The molecule has 7 nitrogen and oxygen atoms in total. The lowest BCUT2D eigenvalue weighted by Crippen LogP contribution is -2.27. The number of carbonyl (C=O) groups is 1. The molecule has 0 saturated carbocycles. The maximum Gasteiger partial charge on any atom is 0.255 e. The maximum absolute atomic E-state index is 13.2. The first-order valence-corrected chi connectivity index (χ1v) is 10.8. The summed E-state index contributed by atoms with van der Waals surface area (Å²) in [5, 5.41) is 9.36. The van der Waals surface area contributed by atoms with Gasteiger partial charge in [-0.1, -0.05) is 35.9 Å². The van der Waals surface area contributed by atoms with Gasteiger partial charge in [0, 0.05) is 23.7 Å². The number of carbonyl (C=O) groups excluding carboxylic acids is 1. The Bertz CT molecular complexity index is 1520. The van der Waals surface area contributed by atoms with Gasteiger partial charge in [-0.3, -0.25) is 9.48 Å². The number of hydrogen-bond donors (Lipinski definition) is 2. The van der Waals surface area contributed by atoms with Crippen molar-refractivity contribution in [3.05, 3.63) is 76.6 Å². The topological polar surface area (TPSA) is 88.5 Å². The van der Waals surface area contributed by atoms with Crippen LogP contribution in [0.3, 0.4) is 0 Å². The average Bonchev–Trinajstić information content (AvgIpc) is 3.49. The summed E-state index contributed by atoms with van der Waals surface area (Å²) in [6.07, 6.45) is 5.20. The number of aryl methyl sites for hydroxylation is 2. The van der Waals surface area contributed by atoms with Crippen molar-refractivity contribution in [1.29, 1.82) is 0 Å². The Morgan fingerprint density at radius 3 is 3.03 bits per heavy atom. The minimum absolute atomic E-state index is 0.00396. The maximum atomic E-state index is 13.2. The van der Waals surface area contributed by atoms with E-state index in [1.807, 2.05) is 37.4 Å². The molecule has 0 saturated heterocycles. The minimum atomic E-state index is -0.165. The van der Waals surface area contributed by atoms with E-state index in [-0.39, 0.29) is 11.9 Å². The third-order valence-corrected chi connectivity index (χ3v) is 6.35. The van der Waals surface area contributed by atoms with E-state index in [0.717, 1.165) is 23.7 Å². The number of rotatable bonds is 3. The van der Waals surface area contributed by atoms with E-state index in [2.05, 4.69) is 32.5 Å². The summed E-state index contributed by atoms with van der Waals surface area (Å²) in [6, 6.07) is 13.9. The molecule has 0 fully saturated rings. The van der Waals surface area contributed by atoms with Gasteiger partial charge in [-0.05, 0) is 42.2 Å². The fraction of sp³-hybridized carbons (Fsp3) is 0.167. The van der Waals surface area contributed by atoms with Crippen LogP contribution in [0.2, 0.25) is 5.02 Å². The van der Waals surface area contributed by atoms with Crippen molar-refractivity contribution >= 4 is 39.6 Å². The lowest BCUT2D eigenvalue weighted by Gasteiger charge is -2.13. The number of H-pyrrole nitrogens is 1. The summed E-state index contributed by atoms with van der Waals surface area (Å²) >= 11 is 6.15. The van der Waals surface area contributed by atoms with Gasteiger partial charge >= 0.3 is 0 Å². The van der Waals surface area contributed by atoms with Crippen molar-refractivity contribution in [3.8, 4) is 11.4 Å². The number of benzene rings is 2. The Hall–Kier alpha value is -3.71. The van der Waals surface area contributed by atoms with Crippen molar-refractivity contribution in [1.82, 2.24) is 30.0 Å². The lowest BCUT2D eigenvalue weighted by molar-refractivity contribution is 0.0938. The number of nitrogens with one attached hydrogen (secondary N) is 2. The van der Waals surface area contributed by atoms with Gasteiger partial charge in [-0.25, -0.2) is 9.97 Å². The normalized spacial score (nSPS) is 15.4. The number of halogens is 1. The van der Waals surface area contributed by atoms with Crippen LogP contribution < -0.4 is 5.32 Å². The fourth-order valence-electron chi connectivity index (χ4n) is 4.54. The van der Waals surface area contributed by atoms with Gasteiger partial charge in [-0.15, -0.1) is 0 Å². The quantitative estimate of drug-likeness (QED) is 0.428. The van der Waals surface area contributed by atoms with E-state index in [1.165, 1.54) is 11.1 Å². The molecule has 1 amide bonds. The van der Waals surface area contributed by atoms with Crippen molar-refractivity contribution in [2.75, 3.05) is 0 Å².